The first kappa shape index (κ1) is 14.9. The van der Waals surface area contributed by atoms with E-state index in [-0.39, 0.29) is 31.2 Å². The van der Waals surface area contributed by atoms with E-state index in [9.17, 15) is 18.0 Å². The standard InChI is InChI=1S/C10H18N2O5S/c1-11(2)18(16,17)6-5-12-7-8(10(14)15)3-4-9(12)13/h8H,3-7H2,1-2H3,(H,14,15). The average molecular weight is 278 g/mol. The Morgan fingerprint density at radius 1 is 1.50 bits per heavy atom. The van der Waals surface area contributed by atoms with E-state index >= 15 is 0 Å². The normalized spacial score (nSPS) is 21.4. The fourth-order valence-corrected chi connectivity index (χ4v) is 2.56. The zero-order valence-electron chi connectivity index (χ0n) is 10.5. The lowest BCUT2D eigenvalue weighted by Crippen LogP contribution is -2.45. The van der Waals surface area contributed by atoms with Gasteiger partial charge >= 0.3 is 5.97 Å². The number of carboxylic acids is 1. The molecule has 0 aromatic heterocycles. The number of carbonyl (C=O) groups excluding carboxylic acids is 1. The number of nitrogens with zero attached hydrogens (tertiary/aromatic N) is 2. The molecule has 0 aromatic carbocycles. The molecule has 18 heavy (non-hydrogen) atoms. The molecular weight excluding hydrogens is 260 g/mol. The van der Waals surface area contributed by atoms with E-state index < -0.39 is 21.9 Å². The van der Waals surface area contributed by atoms with Crippen molar-refractivity contribution >= 4 is 21.9 Å². The minimum absolute atomic E-state index is 0.0448. The van der Waals surface area contributed by atoms with Crippen LogP contribution in [0.3, 0.4) is 0 Å². The van der Waals surface area contributed by atoms with Crippen LogP contribution in [0.1, 0.15) is 12.8 Å². The zero-order valence-corrected chi connectivity index (χ0v) is 11.3. The molecule has 0 saturated carbocycles. The monoisotopic (exact) mass is 278 g/mol. The molecule has 1 amide bonds. The molecule has 1 rings (SSSR count). The predicted molar refractivity (Wildman–Crippen MR) is 64.4 cm³/mol. The van der Waals surface area contributed by atoms with E-state index in [2.05, 4.69) is 0 Å². The summed E-state index contributed by atoms with van der Waals surface area (Å²) in [6, 6.07) is 0. The van der Waals surface area contributed by atoms with Gasteiger partial charge in [-0.05, 0) is 6.42 Å². The molecule has 1 atom stereocenters. The molecule has 7 nitrogen and oxygen atoms in total. The summed E-state index contributed by atoms with van der Waals surface area (Å²) in [5.74, 6) is -1.90. The summed E-state index contributed by atoms with van der Waals surface area (Å²) in [6.45, 7) is 0.139. The van der Waals surface area contributed by atoms with Gasteiger partial charge in [-0.15, -0.1) is 0 Å². The van der Waals surface area contributed by atoms with Gasteiger partial charge in [-0.1, -0.05) is 0 Å². The lowest BCUT2D eigenvalue weighted by atomic mass is 9.98. The Hall–Kier alpha value is -1.15. The first-order chi connectivity index (χ1) is 8.24. The Kier molecular flexibility index (Phi) is 4.69. The molecule has 0 radical (unpaired) electrons. The van der Waals surface area contributed by atoms with Gasteiger partial charge in [0.2, 0.25) is 15.9 Å². The van der Waals surface area contributed by atoms with Gasteiger partial charge < -0.3 is 10.0 Å². The molecular formula is C10H18N2O5S. The van der Waals surface area contributed by atoms with Gasteiger partial charge in [-0.3, -0.25) is 9.59 Å². The summed E-state index contributed by atoms with van der Waals surface area (Å²) >= 11 is 0. The summed E-state index contributed by atoms with van der Waals surface area (Å²) in [6.07, 6.45) is 0.490. The van der Waals surface area contributed by atoms with Crippen molar-refractivity contribution in [2.45, 2.75) is 12.8 Å². The van der Waals surface area contributed by atoms with E-state index in [1.54, 1.807) is 0 Å². The Bertz CT molecular complexity index is 432. The van der Waals surface area contributed by atoms with Crippen LogP contribution >= 0.6 is 0 Å². The highest BCUT2D eigenvalue weighted by molar-refractivity contribution is 7.89. The van der Waals surface area contributed by atoms with Crippen molar-refractivity contribution in [3.05, 3.63) is 0 Å². The molecule has 0 bridgehead atoms. The number of aliphatic carboxylic acids is 1. The maximum Gasteiger partial charge on any atom is 0.308 e. The van der Waals surface area contributed by atoms with Crippen LogP contribution in [0.5, 0.6) is 0 Å². The summed E-state index contributed by atoms with van der Waals surface area (Å²) in [5.41, 5.74) is 0. The largest absolute Gasteiger partial charge is 0.481 e. The first-order valence-corrected chi connectivity index (χ1v) is 7.25. The number of carbonyl (C=O) groups is 2. The third-order valence-corrected chi connectivity index (χ3v) is 4.84. The summed E-state index contributed by atoms with van der Waals surface area (Å²) in [7, 11) is -0.519. The van der Waals surface area contributed by atoms with Crippen molar-refractivity contribution < 1.29 is 23.1 Å². The molecule has 8 heteroatoms. The second-order valence-corrected chi connectivity index (χ2v) is 6.81. The molecule has 1 fully saturated rings. The number of sulfonamides is 1. The van der Waals surface area contributed by atoms with Crippen LogP contribution in [-0.2, 0) is 19.6 Å². The fourth-order valence-electron chi connectivity index (χ4n) is 1.74. The SMILES string of the molecule is CN(C)S(=O)(=O)CCN1CC(C(=O)O)CCC1=O. The molecule has 1 aliphatic heterocycles. The lowest BCUT2D eigenvalue weighted by Gasteiger charge is -2.30. The third kappa shape index (κ3) is 3.67. The van der Waals surface area contributed by atoms with Crippen LogP contribution in [-0.4, -0.2) is 67.5 Å². The third-order valence-electron chi connectivity index (χ3n) is 3.02. The second kappa shape index (κ2) is 5.66. The molecule has 0 spiro atoms. The Balaban J connectivity index is 2.60. The topological polar surface area (TPSA) is 95.0 Å². The number of amides is 1. The number of hydrogen-bond donors (Lipinski definition) is 1. The molecule has 1 N–H and O–H groups in total. The van der Waals surface area contributed by atoms with E-state index in [1.807, 2.05) is 0 Å². The van der Waals surface area contributed by atoms with Crippen molar-refractivity contribution in [3.8, 4) is 0 Å². The number of rotatable bonds is 5. The van der Waals surface area contributed by atoms with Crippen molar-refractivity contribution in [1.82, 2.24) is 9.21 Å². The maximum atomic E-state index is 11.6. The number of carboxylic acid groups (broad SMARTS) is 1. The van der Waals surface area contributed by atoms with Crippen molar-refractivity contribution in [2.75, 3.05) is 32.9 Å². The van der Waals surface area contributed by atoms with Gasteiger partial charge in [0.05, 0.1) is 11.7 Å². The van der Waals surface area contributed by atoms with E-state index in [1.165, 1.54) is 19.0 Å². The van der Waals surface area contributed by atoms with Crippen LogP contribution in [0, 0.1) is 5.92 Å². The molecule has 1 saturated heterocycles. The Morgan fingerprint density at radius 3 is 2.61 bits per heavy atom. The molecule has 1 heterocycles. The second-order valence-electron chi connectivity index (χ2n) is 4.51. The van der Waals surface area contributed by atoms with Crippen LogP contribution < -0.4 is 0 Å². The van der Waals surface area contributed by atoms with Gasteiger partial charge in [0.25, 0.3) is 0 Å². The number of hydrogen-bond acceptors (Lipinski definition) is 4. The van der Waals surface area contributed by atoms with Crippen LogP contribution in [0.15, 0.2) is 0 Å². The molecule has 0 aromatic rings. The highest BCUT2D eigenvalue weighted by Gasteiger charge is 2.30. The van der Waals surface area contributed by atoms with Crippen LogP contribution in [0.2, 0.25) is 0 Å². The fraction of sp³-hybridized carbons (Fsp3) is 0.800. The van der Waals surface area contributed by atoms with Crippen molar-refractivity contribution in [2.24, 2.45) is 5.92 Å². The Morgan fingerprint density at radius 2 is 2.11 bits per heavy atom. The van der Waals surface area contributed by atoms with E-state index in [0.29, 0.717) is 6.42 Å². The smallest absolute Gasteiger partial charge is 0.308 e. The minimum Gasteiger partial charge on any atom is -0.481 e. The molecule has 0 aliphatic carbocycles. The number of likely N-dealkylation sites (tertiary alicyclic amines) is 1. The van der Waals surface area contributed by atoms with Crippen molar-refractivity contribution in [3.63, 3.8) is 0 Å². The van der Waals surface area contributed by atoms with Crippen molar-refractivity contribution in [1.29, 1.82) is 0 Å². The van der Waals surface area contributed by atoms with Gasteiger partial charge in [0, 0.05) is 33.6 Å². The maximum absolute atomic E-state index is 11.6. The van der Waals surface area contributed by atoms with Crippen LogP contribution in [0.25, 0.3) is 0 Å². The summed E-state index contributed by atoms with van der Waals surface area (Å²) in [4.78, 5) is 23.7. The van der Waals surface area contributed by atoms with Gasteiger partial charge in [-0.2, -0.15) is 0 Å². The highest BCUT2D eigenvalue weighted by Crippen LogP contribution is 2.17. The summed E-state index contributed by atoms with van der Waals surface area (Å²) < 4.78 is 24.2. The predicted octanol–water partition coefficient (Wildman–Crippen LogP) is -0.799. The zero-order chi connectivity index (χ0) is 13.9. The van der Waals surface area contributed by atoms with Gasteiger partial charge in [0.15, 0.2) is 0 Å². The van der Waals surface area contributed by atoms with E-state index in [4.69, 9.17) is 5.11 Å². The average Bonchev–Trinajstić information content (AvgIpc) is 2.27. The molecule has 104 valence electrons. The van der Waals surface area contributed by atoms with Crippen LogP contribution in [0.4, 0.5) is 0 Å². The molecule has 1 aliphatic rings. The van der Waals surface area contributed by atoms with Gasteiger partial charge in [0.1, 0.15) is 0 Å². The molecule has 1 unspecified atom stereocenters. The lowest BCUT2D eigenvalue weighted by molar-refractivity contribution is -0.147. The number of piperidine rings is 1. The first-order valence-electron chi connectivity index (χ1n) is 5.65. The summed E-state index contributed by atoms with van der Waals surface area (Å²) in [5, 5.41) is 8.89. The quantitative estimate of drug-likeness (QED) is 0.710. The van der Waals surface area contributed by atoms with E-state index in [0.717, 1.165) is 4.31 Å². The highest BCUT2D eigenvalue weighted by atomic mass is 32.2. The Labute approximate surface area is 106 Å². The minimum atomic E-state index is -3.37. The van der Waals surface area contributed by atoms with Gasteiger partial charge in [-0.25, -0.2) is 12.7 Å².